The highest BCUT2D eigenvalue weighted by Gasteiger charge is 2.08. The van der Waals surface area contributed by atoms with E-state index in [0.29, 0.717) is 17.7 Å². The molecular weight excluding hydrogens is 233 g/mol. The van der Waals surface area contributed by atoms with Gasteiger partial charge in [-0.1, -0.05) is 26.0 Å². The van der Waals surface area contributed by atoms with Gasteiger partial charge in [-0.3, -0.25) is 0 Å². The molecule has 1 atom stereocenters. The summed E-state index contributed by atoms with van der Waals surface area (Å²) in [6.07, 6.45) is 2.09. The van der Waals surface area contributed by atoms with Crippen LogP contribution in [-0.2, 0) is 6.42 Å². The maximum absolute atomic E-state index is 12.8. The first-order valence-electron chi connectivity index (χ1n) is 6.18. The SMILES string of the molecule is CC(C)SCCC(CN)Cc1ccc(F)cc1. The summed E-state index contributed by atoms with van der Waals surface area (Å²) < 4.78 is 12.8. The average molecular weight is 255 g/mol. The van der Waals surface area contributed by atoms with Gasteiger partial charge in [-0.15, -0.1) is 0 Å². The third kappa shape index (κ3) is 6.08. The zero-order valence-electron chi connectivity index (χ0n) is 10.7. The molecule has 0 heterocycles. The highest BCUT2D eigenvalue weighted by molar-refractivity contribution is 7.99. The van der Waals surface area contributed by atoms with Gasteiger partial charge in [0, 0.05) is 0 Å². The van der Waals surface area contributed by atoms with Crippen molar-refractivity contribution in [1.29, 1.82) is 0 Å². The average Bonchev–Trinajstić information content (AvgIpc) is 2.30. The first-order chi connectivity index (χ1) is 8.11. The normalized spacial score (nSPS) is 13.0. The van der Waals surface area contributed by atoms with Crippen molar-refractivity contribution in [2.45, 2.75) is 31.9 Å². The van der Waals surface area contributed by atoms with E-state index in [1.54, 1.807) is 0 Å². The van der Waals surface area contributed by atoms with Crippen LogP contribution in [0, 0.1) is 11.7 Å². The van der Waals surface area contributed by atoms with Crippen molar-refractivity contribution in [3.63, 3.8) is 0 Å². The molecule has 1 nitrogen and oxygen atoms in total. The zero-order chi connectivity index (χ0) is 12.7. The Balaban J connectivity index is 2.38. The summed E-state index contributed by atoms with van der Waals surface area (Å²) in [5.41, 5.74) is 6.96. The molecule has 0 fully saturated rings. The molecular formula is C14H22FNS. The van der Waals surface area contributed by atoms with Gasteiger partial charge in [0.1, 0.15) is 5.82 Å². The van der Waals surface area contributed by atoms with Crippen LogP contribution in [0.15, 0.2) is 24.3 Å². The van der Waals surface area contributed by atoms with Gasteiger partial charge < -0.3 is 5.73 Å². The molecule has 0 saturated carbocycles. The monoisotopic (exact) mass is 255 g/mol. The minimum Gasteiger partial charge on any atom is -0.330 e. The second-order valence-corrected chi connectivity index (χ2v) is 6.32. The molecule has 1 aromatic carbocycles. The van der Waals surface area contributed by atoms with Crippen LogP contribution in [0.5, 0.6) is 0 Å². The van der Waals surface area contributed by atoms with Crippen molar-refractivity contribution in [1.82, 2.24) is 0 Å². The van der Waals surface area contributed by atoms with E-state index in [-0.39, 0.29) is 5.82 Å². The molecule has 1 aromatic rings. The van der Waals surface area contributed by atoms with E-state index in [1.165, 1.54) is 17.7 Å². The standard InChI is InChI=1S/C14H22FNS/c1-11(2)17-8-7-13(10-16)9-12-3-5-14(15)6-4-12/h3-6,11,13H,7-10,16H2,1-2H3. The molecule has 0 aliphatic rings. The Morgan fingerprint density at radius 2 is 1.88 bits per heavy atom. The fourth-order valence-corrected chi connectivity index (χ4v) is 2.67. The Morgan fingerprint density at radius 1 is 1.24 bits per heavy atom. The van der Waals surface area contributed by atoms with Crippen molar-refractivity contribution in [3.05, 3.63) is 35.6 Å². The van der Waals surface area contributed by atoms with E-state index in [1.807, 2.05) is 23.9 Å². The molecule has 0 aliphatic carbocycles. The molecule has 0 bridgehead atoms. The summed E-state index contributed by atoms with van der Waals surface area (Å²) in [7, 11) is 0. The van der Waals surface area contributed by atoms with Crippen LogP contribution in [0.2, 0.25) is 0 Å². The number of hydrogen-bond donors (Lipinski definition) is 1. The van der Waals surface area contributed by atoms with Crippen molar-refractivity contribution < 1.29 is 4.39 Å². The Hall–Kier alpha value is -0.540. The molecule has 0 aromatic heterocycles. The molecule has 1 rings (SSSR count). The predicted molar refractivity (Wildman–Crippen MR) is 74.9 cm³/mol. The molecule has 1 unspecified atom stereocenters. The van der Waals surface area contributed by atoms with Gasteiger partial charge in [-0.2, -0.15) is 11.8 Å². The van der Waals surface area contributed by atoms with E-state index in [4.69, 9.17) is 5.73 Å². The predicted octanol–water partition coefficient (Wildman–Crippen LogP) is 3.47. The second-order valence-electron chi connectivity index (χ2n) is 4.64. The van der Waals surface area contributed by atoms with Gasteiger partial charge in [-0.05, 0) is 54.0 Å². The largest absolute Gasteiger partial charge is 0.330 e. The molecule has 17 heavy (non-hydrogen) atoms. The lowest BCUT2D eigenvalue weighted by molar-refractivity contribution is 0.522. The number of hydrogen-bond acceptors (Lipinski definition) is 2. The summed E-state index contributed by atoms with van der Waals surface area (Å²) in [4.78, 5) is 0. The lowest BCUT2D eigenvalue weighted by Gasteiger charge is -2.15. The Bertz CT molecular complexity index is 311. The van der Waals surface area contributed by atoms with Gasteiger partial charge in [0.05, 0.1) is 0 Å². The molecule has 0 aliphatic heterocycles. The highest BCUT2D eigenvalue weighted by atomic mass is 32.2. The minimum absolute atomic E-state index is 0.173. The lowest BCUT2D eigenvalue weighted by Crippen LogP contribution is -2.18. The van der Waals surface area contributed by atoms with Gasteiger partial charge >= 0.3 is 0 Å². The first kappa shape index (κ1) is 14.5. The number of thioether (sulfide) groups is 1. The summed E-state index contributed by atoms with van der Waals surface area (Å²) in [6, 6.07) is 6.75. The van der Waals surface area contributed by atoms with Crippen LogP contribution in [0.4, 0.5) is 4.39 Å². The van der Waals surface area contributed by atoms with E-state index < -0.39 is 0 Å². The lowest BCUT2D eigenvalue weighted by atomic mass is 9.97. The fourth-order valence-electron chi connectivity index (χ4n) is 1.73. The first-order valence-corrected chi connectivity index (χ1v) is 7.22. The number of benzene rings is 1. The Labute approximate surface area is 108 Å². The van der Waals surface area contributed by atoms with Crippen LogP contribution in [0.1, 0.15) is 25.8 Å². The molecule has 0 spiro atoms. The topological polar surface area (TPSA) is 26.0 Å². The Morgan fingerprint density at radius 3 is 2.41 bits per heavy atom. The molecule has 0 radical (unpaired) electrons. The minimum atomic E-state index is -0.173. The third-order valence-corrected chi connectivity index (χ3v) is 3.89. The van der Waals surface area contributed by atoms with E-state index >= 15 is 0 Å². The van der Waals surface area contributed by atoms with Gasteiger partial charge in [0.15, 0.2) is 0 Å². The van der Waals surface area contributed by atoms with Gasteiger partial charge in [-0.25, -0.2) is 4.39 Å². The molecule has 0 saturated heterocycles. The van der Waals surface area contributed by atoms with Crippen molar-refractivity contribution >= 4 is 11.8 Å². The third-order valence-electron chi connectivity index (χ3n) is 2.75. The molecule has 0 amide bonds. The summed E-state index contributed by atoms with van der Waals surface area (Å²) >= 11 is 1.97. The van der Waals surface area contributed by atoms with Crippen LogP contribution in [-0.4, -0.2) is 17.5 Å². The second kappa shape index (κ2) is 7.72. The number of nitrogens with two attached hydrogens (primary N) is 1. The van der Waals surface area contributed by atoms with Gasteiger partial charge in [0.2, 0.25) is 0 Å². The van der Waals surface area contributed by atoms with Crippen molar-refractivity contribution in [2.75, 3.05) is 12.3 Å². The zero-order valence-corrected chi connectivity index (χ0v) is 11.5. The van der Waals surface area contributed by atoms with Crippen molar-refractivity contribution in [3.8, 4) is 0 Å². The van der Waals surface area contributed by atoms with Crippen LogP contribution in [0.25, 0.3) is 0 Å². The number of halogens is 1. The van der Waals surface area contributed by atoms with E-state index in [2.05, 4.69) is 13.8 Å². The van der Waals surface area contributed by atoms with Crippen LogP contribution in [0.3, 0.4) is 0 Å². The molecule has 2 N–H and O–H groups in total. The highest BCUT2D eigenvalue weighted by Crippen LogP contribution is 2.17. The number of rotatable bonds is 7. The summed E-state index contributed by atoms with van der Waals surface area (Å²) in [6.45, 7) is 5.13. The molecule has 96 valence electrons. The quantitative estimate of drug-likeness (QED) is 0.807. The summed E-state index contributed by atoms with van der Waals surface area (Å²) in [5, 5.41) is 0.680. The van der Waals surface area contributed by atoms with Crippen LogP contribution < -0.4 is 5.73 Å². The maximum Gasteiger partial charge on any atom is 0.123 e. The van der Waals surface area contributed by atoms with Crippen molar-refractivity contribution in [2.24, 2.45) is 11.7 Å². The van der Waals surface area contributed by atoms with E-state index in [0.717, 1.165) is 18.6 Å². The van der Waals surface area contributed by atoms with Gasteiger partial charge in [0.25, 0.3) is 0 Å². The summed E-state index contributed by atoms with van der Waals surface area (Å²) in [5.74, 6) is 1.49. The fraction of sp³-hybridized carbons (Fsp3) is 0.571. The smallest absolute Gasteiger partial charge is 0.123 e. The Kier molecular flexibility index (Phi) is 6.60. The molecule has 3 heteroatoms. The maximum atomic E-state index is 12.8. The van der Waals surface area contributed by atoms with E-state index in [9.17, 15) is 4.39 Å². The van der Waals surface area contributed by atoms with Crippen LogP contribution >= 0.6 is 11.8 Å².